The first-order valence-electron chi connectivity index (χ1n) is 5.74. The van der Waals surface area contributed by atoms with Gasteiger partial charge in [0.15, 0.2) is 0 Å². The highest BCUT2D eigenvalue weighted by molar-refractivity contribution is 5.83. The average Bonchev–Trinajstić information content (AvgIpc) is 3.04. The molecular formula is C11H18N2O3. The molecule has 0 aromatic rings. The molecule has 2 rings (SSSR count). The van der Waals surface area contributed by atoms with Crippen LogP contribution in [0.3, 0.4) is 0 Å². The quantitative estimate of drug-likeness (QED) is 0.720. The molecule has 0 aromatic heterocycles. The average molecular weight is 226 g/mol. The lowest BCUT2D eigenvalue weighted by Crippen LogP contribution is -2.44. The van der Waals surface area contributed by atoms with Crippen molar-refractivity contribution < 1.29 is 14.7 Å². The number of rotatable bonds is 2. The molecule has 90 valence electrons. The highest BCUT2D eigenvalue weighted by Crippen LogP contribution is 2.31. The van der Waals surface area contributed by atoms with Crippen LogP contribution in [0.4, 0.5) is 0 Å². The monoisotopic (exact) mass is 226 g/mol. The summed E-state index contributed by atoms with van der Waals surface area (Å²) in [6.45, 7) is 2.69. The fourth-order valence-electron chi connectivity index (χ4n) is 2.38. The molecule has 1 N–H and O–H groups in total. The maximum absolute atomic E-state index is 11.9. The highest BCUT2D eigenvalue weighted by Gasteiger charge is 2.41. The van der Waals surface area contributed by atoms with E-state index >= 15 is 0 Å². The lowest BCUT2D eigenvalue weighted by atomic mass is 10.1. The Balaban J connectivity index is 2.18. The first-order chi connectivity index (χ1) is 7.50. The topological polar surface area (TPSA) is 60.9 Å². The number of carboxylic acid groups (broad SMARTS) is 1. The van der Waals surface area contributed by atoms with E-state index in [1.807, 2.05) is 6.92 Å². The van der Waals surface area contributed by atoms with Crippen LogP contribution in [-0.4, -0.2) is 59.0 Å². The van der Waals surface area contributed by atoms with Crippen molar-refractivity contribution in [3.8, 4) is 0 Å². The number of likely N-dealkylation sites (N-methyl/N-ethyl adjacent to an activating group) is 1. The van der Waals surface area contributed by atoms with E-state index in [1.54, 1.807) is 11.9 Å². The summed E-state index contributed by atoms with van der Waals surface area (Å²) >= 11 is 0. The standard InChI is InChI=1S/C11H18N2O3/c1-7-10(14)12(2)5-8(11(15)16)6-13(7)9-3-4-9/h7-9H,3-6H2,1-2H3,(H,15,16). The molecule has 2 aliphatic rings. The SMILES string of the molecule is CC1C(=O)N(C)CC(C(=O)O)CN1C1CC1. The summed E-state index contributed by atoms with van der Waals surface area (Å²) in [5.41, 5.74) is 0. The first-order valence-corrected chi connectivity index (χ1v) is 5.74. The van der Waals surface area contributed by atoms with Gasteiger partial charge in [0.05, 0.1) is 12.0 Å². The van der Waals surface area contributed by atoms with Gasteiger partial charge in [-0.1, -0.05) is 0 Å². The Hall–Kier alpha value is -1.10. The zero-order valence-electron chi connectivity index (χ0n) is 9.72. The van der Waals surface area contributed by atoms with Crippen molar-refractivity contribution in [2.75, 3.05) is 20.1 Å². The van der Waals surface area contributed by atoms with Gasteiger partial charge < -0.3 is 10.0 Å². The number of nitrogens with zero attached hydrogens (tertiary/aromatic N) is 2. The summed E-state index contributed by atoms with van der Waals surface area (Å²) in [7, 11) is 1.69. The molecule has 2 fully saturated rings. The lowest BCUT2D eigenvalue weighted by molar-refractivity contribution is -0.142. The molecule has 0 bridgehead atoms. The predicted molar refractivity (Wildman–Crippen MR) is 58.0 cm³/mol. The summed E-state index contributed by atoms with van der Waals surface area (Å²) in [5, 5.41) is 9.11. The number of hydrogen-bond acceptors (Lipinski definition) is 3. The van der Waals surface area contributed by atoms with Gasteiger partial charge in [0.25, 0.3) is 0 Å². The van der Waals surface area contributed by atoms with Gasteiger partial charge in [0.1, 0.15) is 0 Å². The summed E-state index contributed by atoms with van der Waals surface area (Å²) in [6.07, 6.45) is 2.18. The molecule has 0 radical (unpaired) electrons. The van der Waals surface area contributed by atoms with Gasteiger partial charge in [-0.3, -0.25) is 14.5 Å². The summed E-state index contributed by atoms with van der Waals surface area (Å²) in [5.74, 6) is -1.23. The van der Waals surface area contributed by atoms with Gasteiger partial charge in [0, 0.05) is 26.2 Å². The fraction of sp³-hybridized carbons (Fsp3) is 0.818. The molecule has 0 aromatic carbocycles. The van der Waals surface area contributed by atoms with E-state index in [-0.39, 0.29) is 11.9 Å². The molecule has 0 spiro atoms. The van der Waals surface area contributed by atoms with Crippen molar-refractivity contribution >= 4 is 11.9 Å². The normalized spacial score (nSPS) is 32.6. The Labute approximate surface area is 95.0 Å². The van der Waals surface area contributed by atoms with Gasteiger partial charge in [-0.2, -0.15) is 0 Å². The summed E-state index contributed by atoms with van der Waals surface area (Å²) in [4.78, 5) is 26.6. The number of carbonyl (C=O) groups is 2. The van der Waals surface area contributed by atoms with Crippen LogP contribution in [-0.2, 0) is 9.59 Å². The number of carboxylic acids is 1. The molecule has 1 amide bonds. The smallest absolute Gasteiger partial charge is 0.309 e. The van der Waals surface area contributed by atoms with Gasteiger partial charge in [0.2, 0.25) is 5.91 Å². The molecule has 2 unspecified atom stereocenters. The Morgan fingerprint density at radius 2 is 2.00 bits per heavy atom. The number of carbonyl (C=O) groups excluding carboxylic acids is 1. The molecule has 1 aliphatic heterocycles. The summed E-state index contributed by atoms with van der Waals surface area (Å²) in [6, 6.07) is 0.245. The zero-order chi connectivity index (χ0) is 11.9. The highest BCUT2D eigenvalue weighted by atomic mass is 16.4. The molecule has 5 heteroatoms. The van der Waals surface area contributed by atoms with Crippen LogP contribution in [0, 0.1) is 5.92 Å². The first kappa shape index (κ1) is 11.4. The number of amides is 1. The second kappa shape index (κ2) is 4.05. The van der Waals surface area contributed by atoms with Gasteiger partial charge in [-0.05, 0) is 19.8 Å². The van der Waals surface area contributed by atoms with Crippen LogP contribution in [0.25, 0.3) is 0 Å². The molecule has 1 saturated carbocycles. The third kappa shape index (κ3) is 2.04. The van der Waals surface area contributed by atoms with Crippen molar-refractivity contribution in [3.05, 3.63) is 0 Å². The number of aliphatic carboxylic acids is 1. The van der Waals surface area contributed by atoms with Crippen molar-refractivity contribution in [2.45, 2.75) is 31.8 Å². The maximum Gasteiger partial charge on any atom is 0.309 e. The van der Waals surface area contributed by atoms with Crippen molar-refractivity contribution in [2.24, 2.45) is 5.92 Å². The molecule has 1 aliphatic carbocycles. The minimum atomic E-state index is -0.806. The minimum Gasteiger partial charge on any atom is -0.481 e. The van der Waals surface area contributed by atoms with E-state index in [4.69, 9.17) is 5.11 Å². The second-order valence-corrected chi connectivity index (χ2v) is 4.86. The van der Waals surface area contributed by atoms with Crippen LogP contribution >= 0.6 is 0 Å². The van der Waals surface area contributed by atoms with Crippen molar-refractivity contribution in [1.29, 1.82) is 0 Å². The van der Waals surface area contributed by atoms with Crippen molar-refractivity contribution in [3.63, 3.8) is 0 Å². The van der Waals surface area contributed by atoms with Gasteiger partial charge >= 0.3 is 5.97 Å². The second-order valence-electron chi connectivity index (χ2n) is 4.86. The van der Waals surface area contributed by atoms with Gasteiger partial charge in [-0.25, -0.2) is 0 Å². The third-order valence-corrected chi connectivity index (χ3v) is 3.52. The molecular weight excluding hydrogens is 208 g/mol. The Morgan fingerprint density at radius 3 is 2.50 bits per heavy atom. The van der Waals surface area contributed by atoms with Crippen LogP contribution in [0.2, 0.25) is 0 Å². The molecule has 1 saturated heterocycles. The Kier molecular flexibility index (Phi) is 2.88. The van der Waals surface area contributed by atoms with Crippen LogP contribution in [0.15, 0.2) is 0 Å². The van der Waals surface area contributed by atoms with E-state index in [0.717, 1.165) is 12.8 Å². The molecule has 16 heavy (non-hydrogen) atoms. The number of hydrogen-bond donors (Lipinski definition) is 1. The minimum absolute atomic E-state index is 0.0376. The molecule has 5 nitrogen and oxygen atoms in total. The fourth-order valence-corrected chi connectivity index (χ4v) is 2.38. The van der Waals surface area contributed by atoms with E-state index in [2.05, 4.69) is 4.90 Å². The van der Waals surface area contributed by atoms with Crippen molar-refractivity contribution in [1.82, 2.24) is 9.80 Å². The molecule has 2 atom stereocenters. The van der Waals surface area contributed by atoms with E-state index in [1.165, 1.54) is 0 Å². The Bertz CT molecular complexity index is 314. The zero-order valence-corrected chi connectivity index (χ0v) is 9.72. The Morgan fingerprint density at radius 1 is 1.38 bits per heavy atom. The van der Waals surface area contributed by atoms with Crippen LogP contribution in [0.5, 0.6) is 0 Å². The van der Waals surface area contributed by atoms with E-state index in [0.29, 0.717) is 19.1 Å². The maximum atomic E-state index is 11.9. The summed E-state index contributed by atoms with van der Waals surface area (Å²) < 4.78 is 0. The molecule has 1 heterocycles. The van der Waals surface area contributed by atoms with E-state index < -0.39 is 11.9 Å². The predicted octanol–water partition coefficient (Wildman–Crippen LogP) is 0.0121. The van der Waals surface area contributed by atoms with Crippen LogP contribution in [0.1, 0.15) is 19.8 Å². The van der Waals surface area contributed by atoms with Crippen LogP contribution < -0.4 is 0 Å². The lowest BCUT2D eigenvalue weighted by Gasteiger charge is -2.26. The largest absolute Gasteiger partial charge is 0.481 e. The van der Waals surface area contributed by atoms with Gasteiger partial charge in [-0.15, -0.1) is 0 Å². The third-order valence-electron chi connectivity index (χ3n) is 3.52. The van der Waals surface area contributed by atoms with E-state index in [9.17, 15) is 9.59 Å².